The number of nitrogens with one attached hydrogen (secondary N) is 2. The molecule has 0 aromatic rings. The van der Waals surface area contributed by atoms with Crippen LogP contribution >= 0.6 is 0 Å². The fourth-order valence-corrected chi connectivity index (χ4v) is 6.52. The van der Waals surface area contributed by atoms with Crippen LogP contribution in [0.2, 0.25) is 0 Å². The number of Topliss-reactive ketones (excluding diaryl/α,β-unsaturated/α-hetero) is 1. The van der Waals surface area contributed by atoms with E-state index >= 15 is 0 Å². The van der Waals surface area contributed by atoms with E-state index in [1.54, 1.807) is 14.7 Å². The van der Waals surface area contributed by atoms with Crippen molar-refractivity contribution in [1.82, 2.24) is 35.1 Å². The maximum Gasteiger partial charge on any atom is 0.317 e. The van der Waals surface area contributed by atoms with Gasteiger partial charge in [-0.1, -0.05) is 13.8 Å². The molecule has 2 heterocycles. The van der Waals surface area contributed by atoms with Crippen LogP contribution in [-0.2, 0) is 38.2 Å². The number of piperidine rings is 1. The van der Waals surface area contributed by atoms with Crippen LogP contribution in [0.4, 0.5) is 0 Å². The Morgan fingerprint density at radius 3 is 1.53 bits per heavy atom. The van der Waals surface area contributed by atoms with Crippen molar-refractivity contribution < 1.29 is 53.6 Å². The smallest absolute Gasteiger partial charge is 0.317 e. The fraction of sp³-hybridized carbons (Fsp3) is 0.829. The van der Waals surface area contributed by atoms with Crippen LogP contribution in [0.5, 0.6) is 0 Å². The van der Waals surface area contributed by atoms with Crippen molar-refractivity contribution >= 4 is 35.5 Å². The van der Waals surface area contributed by atoms with Crippen LogP contribution in [0.1, 0.15) is 46.0 Å². The van der Waals surface area contributed by atoms with Gasteiger partial charge in [-0.2, -0.15) is 0 Å². The summed E-state index contributed by atoms with van der Waals surface area (Å²) < 4.78 is 11.2. The van der Waals surface area contributed by atoms with Gasteiger partial charge in [0.1, 0.15) is 5.78 Å². The Morgan fingerprint density at radius 2 is 1.09 bits per heavy atom. The molecule has 2 aliphatic heterocycles. The quantitative estimate of drug-likeness (QED) is 0.0756. The highest BCUT2D eigenvalue weighted by Crippen LogP contribution is 2.23. The van der Waals surface area contributed by atoms with Gasteiger partial charge in [-0.25, -0.2) is 0 Å². The number of hydrogen-bond donors (Lipinski definition) is 5. The second-order valence-electron chi connectivity index (χ2n) is 13.6. The third kappa shape index (κ3) is 20.7. The number of likely N-dealkylation sites (tertiary alicyclic amines) is 1. The lowest BCUT2D eigenvalue weighted by Gasteiger charge is -2.33. The van der Waals surface area contributed by atoms with Gasteiger partial charge in [0.25, 0.3) is 0 Å². The summed E-state index contributed by atoms with van der Waals surface area (Å²) >= 11 is 0. The summed E-state index contributed by atoms with van der Waals surface area (Å²) in [4.78, 5) is 80.8. The zero-order valence-electron chi connectivity index (χ0n) is 31.7. The van der Waals surface area contributed by atoms with Crippen LogP contribution in [0.15, 0.2) is 0 Å². The molecule has 0 aromatic heterocycles. The molecule has 304 valence electrons. The largest absolute Gasteiger partial charge is 0.480 e. The first-order chi connectivity index (χ1) is 25.4. The first kappa shape index (κ1) is 45.9. The van der Waals surface area contributed by atoms with Gasteiger partial charge in [0.05, 0.1) is 65.1 Å². The molecule has 0 spiro atoms. The van der Waals surface area contributed by atoms with Gasteiger partial charge in [0.2, 0.25) is 11.8 Å². The molecule has 0 saturated carbocycles. The van der Waals surface area contributed by atoms with Gasteiger partial charge in [0.15, 0.2) is 0 Å². The molecule has 2 saturated heterocycles. The van der Waals surface area contributed by atoms with Crippen LogP contribution in [0, 0.1) is 5.92 Å². The van der Waals surface area contributed by atoms with Gasteiger partial charge in [0, 0.05) is 78.4 Å². The van der Waals surface area contributed by atoms with Crippen molar-refractivity contribution in [3.63, 3.8) is 0 Å². The summed E-state index contributed by atoms with van der Waals surface area (Å²) in [5.74, 6) is -2.58. The maximum atomic E-state index is 12.8. The number of carboxylic acids is 3. The molecule has 18 nitrogen and oxygen atoms in total. The van der Waals surface area contributed by atoms with E-state index in [2.05, 4.69) is 10.6 Å². The standard InChI is InChI=1S/C35H63N7O11/c1-3-30(43)29(36-4-2)23-28-5-9-42(10-6-28)32(45)7-19-52-21-22-53-20-8-37-31(44)24-38-11-13-39(25-33(46)47)15-17-41(27-35(50)51)18-16-40(14-12-38)26-34(48)49/h28-29,36H,3-27H2,1-2H3,(H,37,44)(H,46,47)(H,48,49)(H,50,51)/t29-/m0/s1. The van der Waals surface area contributed by atoms with Crippen molar-refractivity contribution in [2.45, 2.75) is 52.0 Å². The number of carbonyl (C=O) groups is 6. The highest BCUT2D eigenvalue weighted by molar-refractivity contribution is 5.83. The molecule has 1 atom stereocenters. The molecule has 2 aliphatic rings. The molecule has 5 N–H and O–H groups in total. The number of aliphatic carboxylic acids is 3. The predicted molar refractivity (Wildman–Crippen MR) is 195 cm³/mol. The summed E-state index contributed by atoms with van der Waals surface area (Å²) in [6, 6.07) is -0.106. The predicted octanol–water partition coefficient (Wildman–Crippen LogP) is -1.41. The monoisotopic (exact) mass is 757 g/mol. The lowest BCUT2D eigenvalue weighted by atomic mass is 9.88. The molecule has 53 heavy (non-hydrogen) atoms. The first-order valence-corrected chi connectivity index (χ1v) is 18.9. The minimum atomic E-state index is -1.02. The number of carbonyl (C=O) groups excluding carboxylic acids is 3. The number of ketones is 1. The van der Waals surface area contributed by atoms with E-state index in [1.165, 1.54) is 0 Å². The van der Waals surface area contributed by atoms with E-state index < -0.39 is 17.9 Å². The number of ether oxygens (including phenoxy) is 2. The van der Waals surface area contributed by atoms with Gasteiger partial charge < -0.3 is 40.3 Å². The molecule has 18 heteroatoms. The maximum absolute atomic E-state index is 12.8. The Labute approximate surface area is 313 Å². The summed E-state index contributed by atoms with van der Waals surface area (Å²) in [7, 11) is 0. The molecule has 0 unspecified atom stereocenters. The van der Waals surface area contributed by atoms with Crippen molar-refractivity contribution in [3.05, 3.63) is 0 Å². The van der Waals surface area contributed by atoms with Crippen molar-refractivity contribution in [1.29, 1.82) is 0 Å². The third-order valence-corrected chi connectivity index (χ3v) is 9.50. The normalized spacial score (nSPS) is 18.5. The summed E-state index contributed by atoms with van der Waals surface area (Å²) in [5.41, 5.74) is 0. The van der Waals surface area contributed by atoms with Gasteiger partial charge in [-0.15, -0.1) is 0 Å². The zero-order chi connectivity index (χ0) is 39.0. The van der Waals surface area contributed by atoms with E-state index in [-0.39, 0.29) is 76.0 Å². The molecule has 0 radical (unpaired) electrons. The minimum absolute atomic E-state index is 0.0247. The number of carboxylic acid groups (broad SMARTS) is 3. The van der Waals surface area contributed by atoms with E-state index in [0.29, 0.717) is 91.0 Å². The van der Waals surface area contributed by atoms with Gasteiger partial charge in [-0.05, 0) is 31.7 Å². The molecule has 2 fully saturated rings. The number of nitrogens with zero attached hydrogens (tertiary/aromatic N) is 5. The molecule has 0 aliphatic carbocycles. The van der Waals surface area contributed by atoms with Crippen molar-refractivity contribution in [2.75, 3.05) is 131 Å². The average molecular weight is 758 g/mol. The van der Waals surface area contributed by atoms with E-state index in [9.17, 15) is 44.1 Å². The van der Waals surface area contributed by atoms with Crippen LogP contribution < -0.4 is 10.6 Å². The Balaban J connectivity index is 1.67. The Morgan fingerprint density at radius 1 is 0.642 bits per heavy atom. The lowest BCUT2D eigenvalue weighted by Crippen LogP contribution is -2.50. The Hall–Kier alpha value is -3.26. The van der Waals surface area contributed by atoms with Gasteiger partial charge >= 0.3 is 17.9 Å². The highest BCUT2D eigenvalue weighted by atomic mass is 16.5. The molecule has 0 aromatic carbocycles. The average Bonchev–Trinajstić information content (AvgIpc) is 3.11. The molecule has 2 rings (SSSR count). The summed E-state index contributed by atoms with van der Waals surface area (Å²) in [5, 5.41) is 34.2. The Kier molecular flexibility index (Phi) is 23.0. The molecular formula is C35H63N7O11. The number of likely N-dealkylation sites (N-methyl/N-ethyl adjacent to an activating group) is 1. The molecular weight excluding hydrogens is 694 g/mol. The number of rotatable bonds is 23. The van der Waals surface area contributed by atoms with E-state index in [1.807, 2.05) is 23.6 Å². The number of amides is 2. The van der Waals surface area contributed by atoms with Crippen molar-refractivity contribution in [2.24, 2.45) is 5.92 Å². The van der Waals surface area contributed by atoms with Crippen molar-refractivity contribution in [3.8, 4) is 0 Å². The Bertz CT molecular complexity index is 1110. The van der Waals surface area contributed by atoms with E-state index in [0.717, 1.165) is 25.8 Å². The third-order valence-electron chi connectivity index (χ3n) is 9.50. The van der Waals surface area contributed by atoms with Crippen LogP contribution in [0.25, 0.3) is 0 Å². The number of hydrogen-bond acceptors (Lipinski definition) is 13. The second-order valence-corrected chi connectivity index (χ2v) is 13.6. The fourth-order valence-electron chi connectivity index (χ4n) is 6.52. The summed E-state index contributed by atoms with van der Waals surface area (Å²) in [6.07, 6.45) is 3.41. The lowest BCUT2D eigenvalue weighted by molar-refractivity contribution is -0.140. The second kappa shape index (κ2) is 26.5. The van der Waals surface area contributed by atoms with Gasteiger partial charge in [-0.3, -0.25) is 48.4 Å². The minimum Gasteiger partial charge on any atom is -0.480 e. The van der Waals surface area contributed by atoms with Crippen LogP contribution in [-0.4, -0.2) is 213 Å². The topological polar surface area (TPSA) is 222 Å². The SMILES string of the molecule is CCN[C@@H](CC1CCN(C(=O)CCOCCOCCNC(=O)CN2CCN(CC(=O)O)CCN(CC(=O)O)CCN(CC(=O)O)CC2)CC1)C(=O)CC. The highest BCUT2D eigenvalue weighted by Gasteiger charge is 2.27. The molecule has 0 bridgehead atoms. The zero-order valence-corrected chi connectivity index (χ0v) is 31.7. The molecule has 2 amide bonds. The van der Waals surface area contributed by atoms with E-state index in [4.69, 9.17) is 9.47 Å². The first-order valence-electron chi connectivity index (χ1n) is 18.9. The van der Waals surface area contributed by atoms with Crippen LogP contribution in [0.3, 0.4) is 0 Å². The summed E-state index contributed by atoms with van der Waals surface area (Å²) in [6.45, 7) is 9.33.